The van der Waals surface area contributed by atoms with Gasteiger partial charge in [0.25, 0.3) is 0 Å². The highest BCUT2D eigenvalue weighted by atomic mass is 16.1. The number of fused-ring (bicyclic) bond motifs is 1. The van der Waals surface area contributed by atoms with Crippen molar-refractivity contribution in [3.63, 3.8) is 0 Å². The highest BCUT2D eigenvalue weighted by Gasteiger charge is 2.27. The van der Waals surface area contributed by atoms with Crippen molar-refractivity contribution in [3.05, 3.63) is 95.1 Å². The molecule has 0 aliphatic carbocycles. The number of carbonyl (C=O) groups excluding carboxylic acids is 1. The fraction of sp³-hybridized carbons (Fsp3) is 0.310. The molecule has 0 bridgehead atoms. The van der Waals surface area contributed by atoms with Crippen LogP contribution in [0.1, 0.15) is 35.1 Å². The molecular formula is C29H32N4O. The average molecular weight is 453 g/mol. The van der Waals surface area contributed by atoms with E-state index < -0.39 is 0 Å². The summed E-state index contributed by atoms with van der Waals surface area (Å²) < 4.78 is 2.32. The van der Waals surface area contributed by atoms with Crippen molar-refractivity contribution in [1.29, 1.82) is 0 Å². The van der Waals surface area contributed by atoms with Crippen molar-refractivity contribution in [2.45, 2.75) is 39.8 Å². The van der Waals surface area contributed by atoms with Gasteiger partial charge in [-0.1, -0.05) is 66.2 Å². The van der Waals surface area contributed by atoms with Gasteiger partial charge >= 0.3 is 0 Å². The molecule has 1 aliphatic heterocycles. The lowest BCUT2D eigenvalue weighted by atomic mass is 9.96. The summed E-state index contributed by atoms with van der Waals surface area (Å²) in [6, 6.07) is 25.2. The summed E-state index contributed by atoms with van der Waals surface area (Å²) in [7, 11) is 0. The Labute approximate surface area is 201 Å². The molecule has 0 unspecified atom stereocenters. The summed E-state index contributed by atoms with van der Waals surface area (Å²) in [5.41, 5.74) is 7.10. The van der Waals surface area contributed by atoms with Crippen LogP contribution in [0, 0.1) is 19.8 Å². The minimum absolute atomic E-state index is 0.0508. The Bertz CT molecular complexity index is 1300. The van der Waals surface area contributed by atoms with Crippen LogP contribution in [0.3, 0.4) is 0 Å². The van der Waals surface area contributed by atoms with Gasteiger partial charge in [0.2, 0.25) is 11.9 Å². The van der Waals surface area contributed by atoms with Crippen LogP contribution in [-0.4, -0.2) is 28.5 Å². The van der Waals surface area contributed by atoms with E-state index in [0.29, 0.717) is 6.54 Å². The number of carbonyl (C=O) groups is 1. The summed E-state index contributed by atoms with van der Waals surface area (Å²) in [5, 5.41) is 3.16. The molecule has 5 heteroatoms. The van der Waals surface area contributed by atoms with Crippen LogP contribution in [-0.2, 0) is 17.9 Å². The molecule has 34 heavy (non-hydrogen) atoms. The molecule has 1 fully saturated rings. The van der Waals surface area contributed by atoms with E-state index in [1.165, 1.54) is 22.3 Å². The van der Waals surface area contributed by atoms with Crippen molar-refractivity contribution < 1.29 is 4.79 Å². The number of aryl methyl sites for hydroxylation is 2. The third-order valence-electron chi connectivity index (χ3n) is 6.92. The van der Waals surface area contributed by atoms with Crippen LogP contribution in [0.4, 0.5) is 5.95 Å². The highest BCUT2D eigenvalue weighted by Crippen LogP contribution is 2.28. The van der Waals surface area contributed by atoms with E-state index in [-0.39, 0.29) is 11.8 Å². The van der Waals surface area contributed by atoms with Gasteiger partial charge in [0.15, 0.2) is 0 Å². The number of anilines is 1. The third kappa shape index (κ3) is 4.69. The molecule has 0 atom stereocenters. The molecule has 2 heterocycles. The van der Waals surface area contributed by atoms with Gasteiger partial charge in [0.1, 0.15) is 0 Å². The number of hydrogen-bond donors (Lipinski definition) is 1. The van der Waals surface area contributed by atoms with Crippen LogP contribution >= 0.6 is 0 Å². The normalized spacial score (nSPS) is 14.5. The molecule has 0 saturated carbocycles. The van der Waals surface area contributed by atoms with Crippen molar-refractivity contribution in [2.75, 3.05) is 18.0 Å². The van der Waals surface area contributed by atoms with Crippen LogP contribution in [0.25, 0.3) is 11.0 Å². The summed E-state index contributed by atoms with van der Waals surface area (Å²) in [6.45, 7) is 7.26. The molecule has 174 valence electrons. The molecule has 1 aliphatic rings. The molecule has 0 radical (unpaired) electrons. The summed E-state index contributed by atoms with van der Waals surface area (Å²) in [5.74, 6) is 1.22. The molecule has 1 amide bonds. The quantitative estimate of drug-likeness (QED) is 0.436. The zero-order valence-corrected chi connectivity index (χ0v) is 20.0. The first-order chi connectivity index (χ1) is 16.6. The largest absolute Gasteiger partial charge is 0.352 e. The topological polar surface area (TPSA) is 50.2 Å². The number of nitrogens with zero attached hydrogens (tertiary/aromatic N) is 3. The minimum atomic E-state index is 0.0508. The van der Waals surface area contributed by atoms with E-state index in [2.05, 4.69) is 83.2 Å². The average Bonchev–Trinajstić information content (AvgIpc) is 3.22. The Morgan fingerprint density at radius 1 is 0.971 bits per heavy atom. The zero-order valence-electron chi connectivity index (χ0n) is 20.0. The number of amides is 1. The zero-order chi connectivity index (χ0) is 23.5. The van der Waals surface area contributed by atoms with Gasteiger partial charge in [0, 0.05) is 25.6 Å². The standard InChI is InChI=1S/C29H32N4O/c1-21-8-7-10-23(18-21)20-33-27-13-6-5-12-26(27)31-29(33)32-16-14-24(15-17-32)28(34)30-19-25-11-4-3-9-22(25)2/h3-13,18,24H,14-17,19-20H2,1-2H3,(H,30,34). The number of rotatable bonds is 6. The first kappa shape index (κ1) is 22.2. The van der Waals surface area contributed by atoms with Gasteiger partial charge in [-0.2, -0.15) is 0 Å². The van der Waals surface area contributed by atoms with Gasteiger partial charge in [-0.25, -0.2) is 4.98 Å². The third-order valence-corrected chi connectivity index (χ3v) is 6.92. The van der Waals surface area contributed by atoms with Gasteiger partial charge in [-0.15, -0.1) is 0 Å². The molecule has 5 rings (SSSR count). The van der Waals surface area contributed by atoms with Crippen LogP contribution in [0.5, 0.6) is 0 Å². The summed E-state index contributed by atoms with van der Waals surface area (Å²) in [4.78, 5) is 20.2. The maximum absolute atomic E-state index is 12.9. The molecule has 3 aromatic carbocycles. The Hall–Kier alpha value is -3.60. The predicted molar refractivity (Wildman–Crippen MR) is 138 cm³/mol. The number of benzene rings is 3. The second-order valence-corrected chi connectivity index (χ2v) is 9.38. The number of nitrogens with one attached hydrogen (secondary N) is 1. The van der Waals surface area contributed by atoms with E-state index in [0.717, 1.165) is 49.5 Å². The number of piperidine rings is 1. The van der Waals surface area contributed by atoms with Crippen molar-refractivity contribution in [1.82, 2.24) is 14.9 Å². The lowest BCUT2D eigenvalue weighted by molar-refractivity contribution is -0.125. The van der Waals surface area contributed by atoms with Gasteiger partial charge < -0.3 is 14.8 Å². The Morgan fingerprint density at radius 3 is 2.53 bits per heavy atom. The second kappa shape index (κ2) is 9.72. The van der Waals surface area contributed by atoms with Crippen molar-refractivity contribution in [2.24, 2.45) is 5.92 Å². The molecule has 4 aromatic rings. The number of aromatic nitrogens is 2. The fourth-order valence-electron chi connectivity index (χ4n) is 4.93. The van der Waals surface area contributed by atoms with E-state index in [4.69, 9.17) is 4.98 Å². The van der Waals surface area contributed by atoms with E-state index >= 15 is 0 Å². The van der Waals surface area contributed by atoms with E-state index in [1.54, 1.807) is 0 Å². The molecule has 5 nitrogen and oxygen atoms in total. The van der Waals surface area contributed by atoms with Crippen molar-refractivity contribution >= 4 is 22.9 Å². The molecule has 1 N–H and O–H groups in total. The molecule has 1 saturated heterocycles. The first-order valence-electron chi connectivity index (χ1n) is 12.2. The summed E-state index contributed by atoms with van der Waals surface area (Å²) in [6.07, 6.45) is 1.68. The van der Waals surface area contributed by atoms with E-state index in [1.807, 2.05) is 18.2 Å². The molecule has 0 spiro atoms. The Balaban J connectivity index is 1.29. The first-order valence-corrected chi connectivity index (χ1v) is 12.2. The maximum atomic E-state index is 12.9. The van der Waals surface area contributed by atoms with Gasteiger partial charge in [-0.3, -0.25) is 4.79 Å². The van der Waals surface area contributed by atoms with Crippen LogP contribution < -0.4 is 10.2 Å². The fourth-order valence-corrected chi connectivity index (χ4v) is 4.93. The van der Waals surface area contributed by atoms with Crippen molar-refractivity contribution in [3.8, 4) is 0 Å². The lowest BCUT2D eigenvalue weighted by Gasteiger charge is -2.32. The lowest BCUT2D eigenvalue weighted by Crippen LogP contribution is -2.41. The minimum Gasteiger partial charge on any atom is -0.352 e. The number of hydrogen-bond acceptors (Lipinski definition) is 3. The molecular weight excluding hydrogens is 420 g/mol. The summed E-state index contributed by atoms with van der Waals surface area (Å²) >= 11 is 0. The SMILES string of the molecule is Cc1cccc(Cn2c(N3CCC(C(=O)NCc4ccccc4C)CC3)nc3ccccc32)c1. The number of para-hydroxylation sites is 2. The predicted octanol–water partition coefficient (Wildman–Crippen LogP) is 5.23. The number of imidazole rings is 1. The maximum Gasteiger partial charge on any atom is 0.223 e. The van der Waals surface area contributed by atoms with Crippen LogP contribution in [0.2, 0.25) is 0 Å². The van der Waals surface area contributed by atoms with Crippen LogP contribution in [0.15, 0.2) is 72.8 Å². The second-order valence-electron chi connectivity index (χ2n) is 9.38. The van der Waals surface area contributed by atoms with E-state index in [9.17, 15) is 4.79 Å². The smallest absolute Gasteiger partial charge is 0.223 e. The molecule has 1 aromatic heterocycles. The van der Waals surface area contributed by atoms with Gasteiger partial charge in [-0.05, 0) is 55.5 Å². The highest BCUT2D eigenvalue weighted by molar-refractivity contribution is 5.80. The monoisotopic (exact) mass is 452 g/mol. The van der Waals surface area contributed by atoms with Gasteiger partial charge in [0.05, 0.1) is 17.6 Å². The Morgan fingerprint density at radius 2 is 1.74 bits per heavy atom. The Kier molecular flexibility index (Phi) is 6.35.